The number of hydrogen-bond donors (Lipinski definition) is 2. The SMILES string of the molecule is COc1cc(C(=O)NNC(=O)[C@@H](C)Oc2cccc(Br)c2)ccc1C. The van der Waals surface area contributed by atoms with Crippen LogP contribution in [0.4, 0.5) is 0 Å². The van der Waals surface area contributed by atoms with Crippen molar-refractivity contribution in [1.82, 2.24) is 10.9 Å². The molecular formula is C18H19BrN2O4. The van der Waals surface area contributed by atoms with Crippen LogP contribution in [0.15, 0.2) is 46.9 Å². The summed E-state index contributed by atoms with van der Waals surface area (Å²) in [6.07, 6.45) is -0.776. The molecule has 0 aliphatic rings. The van der Waals surface area contributed by atoms with E-state index < -0.39 is 17.9 Å². The molecule has 1 atom stereocenters. The van der Waals surface area contributed by atoms with Gasteiger partial charge < -0.3 is 9.47 Å². The van der Waals surface area contributed by atoms with Crippen molar-refractivity contribution in [2.45, 2.75) is 20.0 Å². The van der Waals surface area contributed by atoms with Crippen molar-refractivity contribution in [2.24, 2.45) is 0 Å². The summed E-state index contributed by atoms with van der Waals surface area (Å²) in [6, 6.07) is 12.2. The first-order chi connectivity index (χ1) is 11.9. The van der Waals surface area contributed by atoms with E-state index in [0.29, 0.717) is 17.1 Å². The van der Waals surface area contributed by atoms with Gasteiger partial charge in [0.1, 0.15) is 11.5 Å². The maximum Gasteiger partial charge on any atom is 0.279 e. The molecule has 2 amide bonds. The second-order valence-electron chi connectivity index (χ2n) is 5.35. The van der Waals surface area contributed by atoms with Gasteiger partial charge in [-0.3, -0.25) is 20.4 Å². The summed E-state index contributed by atoms with van der Waals surface area (Å²) < 4.78 is 11.6. The van der Waals surface area contributed by atoms with Crippen molar-refractivity contribution in [3.63, 3.8) is 0 Å². The highest BCUT2D eigenvalue weighted by Gasteiger charge is 2.16. The third kappa shape index (κ3) is 5.22. The Hall–Kier alpha value is -2.54. The van der Waals surface area contributed by atoms with Crippen LogP contribution in [-0.2, 0) is 4.79 Å². The van der Waals surface area contributed by atoms with Gasteiger partial charge in [-0.1, -0.05) is 28.1 Å². The zero-order valence-electron chi connectivity index (χ0n) is 14.1. The number of methoxy groups -OCH3 is 1. The number of rotatable bonds is 5. The Kier molecular flexibility index (Phi) is 6.41. The number of benzene rings is 2. The Morgan fingerprint density at radius 2 is 1.88 bits per heavy atom. The minimum Gasteiger partial charge on any atom is -0.496 e. The predicted molar refractivity (Wildman–Crippen MR) is 97.6 cm³/mol. The summed E-state index contributed by atoms with van der Waals surface area (Å²) in [5, 5.41) is 0. The topological polar surface area (TPSA) is 76.7 Å². The predicted octanol–water partition coefficient (Wildman–Crippen LogP) is 2.99. The molecule has 0 aliphatic heterocycles. The van der Waals surface area contributed by atoms with Crippen LogP contribution in [0.25, 0.3) is 0 Å². The van der Waals surface area contributed by atoms with Gasteiger partial charge >= 0.3 is 0 Å². The van der Waals surface area contributed by atoms with E-state index >= 15 is 0 Å². The standard InChI is InChI=1S/C18H19BrN2O4/c1-11-7-8-13(9-16(11)24-3)18(23)21-20-17(22)12(2)25-15-6-4-5-14(19)10-15/h4-10,12H,1-3H3,(H,20,22)(H,21,23)/t12-/m1/s1. The molecule has 6 nitrogen and oxygen atoms in total. The van der Waals surface area contributed by atoms with Gasteiger partial charge in [-0.25, -0.2) is 0 Å². The Balaban J connectivity index is 1.91. The van der Waals surface area contributed by atoms with Crippen molar-refractivity contribution in [1.29, 1.82) is 0 Å². The van der Waals surface area contributed by atoms with Gasteiger partial charge in [0.05, 0.1) is 7.11 Å². The first-order valence-electron chi connectivity index (χ1n) is 7.57. The zero-order chi connectivity index (χ0) is 18.4. The second kappa shape index (κ2) is 8.53. The van der Waals surface area contributed by atoms with Gasteiger partial charge in [0.15, 0.2) is 6.10 Å². The van der Waals surface area contributed by atoms with Gasteiger partial charge in [0, 0.05) is 10.0 Å². The number of hydrogen-bond acceptors (Lipinski definition) is 4. The summed E-state index contributed by atoms with van der Waals surface area (Å²) >= 11 is 3.33. The molecule has 0 fully saturated rings. The van der Waals surface area contributed by atoms with Gasteiger partial charge in [0.25, 0.3) is 11.8 Å². The Bertz CT molecular complexity index is 779. The smallest absolute Gasteiger partial charge is 0.279 e. The fourth-order valence-corrected chi connectivity index (χ4v) is 2.43. The fourth-order valence-electron chi connectivity index (χ4n) is 2.05. The highest BCUT2D eigenvalue weighted by Crippen LogP contribution is 2.19. The molecule has 0 saturated carbocycles. The van der Waals surface area contributed by atoms with Crippen molar-refractivity contribution < 1.29 is 19.1 Å². The molecule has 2 aromatic carbocycles. The minimum absolute atomic E-state index is 0.378. The number of nitrogens with one attached hydrogen (secondary N) is 2. The van der Waals surface area contributed by atoms with E-state index in [9.17, 15) is 9.59 Å². The lowest BCUT2D eigenvalue weighted by atomic mass is 10.1. The van der Waals surface area contributed by atoms with Crippen molar-refractivity contribution in [2.75, 3.05) is 7.11 Å². The number of carbonyl (C=O) groups excluding carboxylic acids is 2. The Labute approximate surface area is 154 Å². The van der Waals surface area contributed by atoms with E-state index in [1.165, 1.54) is 7.11 Å². The Morgan fingerprint density at radius 3 is 2.56 bits per heavy atom. The largest absolute Gasteiger partial charge is 0.496 e. The quantitative estimate of drug-likeness (QED) is 0.748. The highest BCUT2D eigenvalue weighted by atomic mass is 79.9. The van der Waals surface area contributed by atoms with E-state index in [1.807, 2.05) is 13.0 Å². The van der Waals surface area contributed by atoms with E-state index in [0.717, 1.165) is 10.0 Å². The van der Waals surface area contributed by atoms with E-state index in [4.69, 9.17) is 9.47 Å². The first-order valence-corrected chi connectivity index (χ1v) is 8.37. The average molecular weight is 407 g/mol. The summed E-state index contributed by atoms with van der Waals surface area (Å²) in [4.78, 5) is 24.2. The van der Waals surface area contributed by atoms with Gasteiger partial charge in [-0.05, 0) is 49.7 Å². The normalized spacial score (nSPS) is 11.4. The molecule has 132 valence electrons. The van der Waals surface area contributed by atoms with E-state index in [-0.39, 0.29) is 0 Å². The average Bonchev–Trinajstić information content (AvgIpc) is 2.59. The van der Waals surface area contributed by atoms with Crippen molar-refractivity contribution >= 4 is 27.7 Å². The van der Waals surface area contributed by atoms with Crippen LogP contribution >= 0.6 is 15.9 Å². The van der Waals surface area contributed by atoms with Crippen LogP contribution in [0.1, 0.15) is 22.8 Å². The van der Waals surface area contributed by atoms with Gasteiger partial charge in [-0.2, -0.15) is 0 Å². The monoisotopic (exact) mass is 406 g/mol. The number of hydrazine groups is 1. The minimum atomic E-state index is -0.776. The van der Waals surface area contributed by atoms with Gasteiger partial charge in [0.2, 0.25) is 0 Å². The van der Waals surface area contributed by atoms with Crippen LogP contribution in [0.5, 0.6) is 11.5 Å². The van der Waals surface area contributed by atoms with Crippen LogP contribution in [0.3, 0.4) is 0 Å². The summed E-state index contributed by atoms with van der Waals surface area (Å²) in [7, 11) is 1.53. The maximum atomic E-state index is 12.1. The molecule has 0 spiro atoms. The first kappa shape index (κ1) is 18.8. The molecule has 2 aromatic rings. The molecule has 0 unspecified atom stereocenters. The number of aryl methyl sites for hydroxylation is 1. The van der Waals surface area contributed by atoms with Crippen LogP contribution in [0, 0.1) is 6.92 Å². The molecule has 7 heteroatoms. The number of halogens is 1. The Morgan fingerprint density at radius 1 is 1.12 bits per heavy atom. The van der Waals surface area contributed by atoms with Crippen molar-refractivity contribution in [3.8, 4) is 11.5 Å². The van der Waals surface area contributed by atoms with E-state index in [2.05, 4.69) is 26.8 Å². The number of carbonyl (C=O) groups is 2. The molecular weight excluding hydrogens is 388 g/mol. The summed E-state index contributed by atoms with van der Waals surface area (Å²) in [5.41, 5.74) is 6.01. The number of ether oxygens (including phenoxy) is 2. The van der Waals surface area contributed by atoms with E-state index in [1.54, 1.807) is 43.3 Å². The fraction of sp³-hybridized carbons (Fsp3) is 0.222. The second-order valence-corrected chi connectivity index (χ2v) is 6.26. The molecule has 0 saturated heterocycles. The molecule has 0 aromatic heterocycles. The van der Waals surface area contributed by atoms with Crippen molar-refractivity contribution in [3.05, 3.63) is 58.1 Å². The molecule has 0 bridgehead atoms. The lowest BCUT2D eigenvalue weighted by molar-refractivity contribution is -0.128. The molecule has 0 heterocycles. The van der Waals surface area contributed by atoms with Crippen LogP contribution < -0.4 is 20.3 Å². The third-order valence-electron chi connectivity index (χ3n) is 3.45. The lowest BCUT2D eigenvalue weighted by Crippen LogP contribution is -2.47. The molecule has 25 heavy (non-hydrogen) atoms. The summed E-state index contributed by atoms with van der Waals surface area (Å²) in [6.45, 7) is 3.47. The molecule has 0 radical (unpaired) electrons. The highest BCUT2D eigenvalue weighted by molar-refractivity contribution is 9.10. The molecule has 2 rings (SSSR count). The third-order valence-corrected chi connectivity index (χ3v) is 3.94. The zero-order valence-corrected chi connectivity index (χ0v) is 15.7. The molecule has 0 aliphatic carbocycles. The van der Waals surface area contributed by atoms with Crippen LogP contribution in [-0.4, -0.2) is 25.0 Å². The molecule has 2 N–H and O–H groups in total. The van der Waals surface area contributed by atoms with Crippen LogP contribution in [0.2, 0.25) is 0 Å². The maximum absolute atomic E-state index is 12.1. The summed E-state index contributed by atoms with van der Waals surface area (Å²) in [5.74, 6) is 0.241. The lowest BCUT2D eigenvalue weighted by Gasteiger charge is -2.15. The van der Waals surface area contributed by atoms with Gasteiger partial charge in [-0.15, -0.1) is 0 Å². The number of amides is 2.